The molecule has 3 N–H and O–H groups in total. The minimum absolute atomic E-state index is 0.465. The fraction of sp³-hybridized carbons (Fsp3) is 0.545. The molecule has 0 spiro atoms. The fourth-order valence-electron chi connectivity index (χ4n) is 1.96. The zero-order valence-electron chi connectivity index (χ0n) is 8.53. The maximum absolute atomic E-state index is 10.6. The summed E-state index contributed by atoms with van der Waals surface area (Å²) in [6.07, 6.45) is 5.29. The highest BCUT2D eigenvalue weighted by molar-refractivity contribution is 7.12. The van der Waals surface area contributed by atoms with Gasteiger partial charge in [-0.1, -0.05) is 0 Å². The van der Waals surface area contributed by atoms with Gasteiger partial charge in [-0.05, 0) is 37.3 Å². The molecule has 0 radical (unpaired) electrons. The third-order valence-corrected chi connectivity index (χ3v) is 4.05. The van der Waals surface area contributed by atoms with Gasteiger partial charge in [0.15, 0.2) is 0 Å². The molecule has 1 aromatic rings. The first-order chi connectivity index (χ1) is 7.16. The summed E-state index contributed by atoms with van der Waals surface area (Å²) in [4.78, 5) is 13.2. The van der Waals surface area contributed by atoms with Gasteiger partial charge in [0, 0.05) is 16.2 Å². The van der Waals surface area contributed by atoms with E-state index in [1.807, 2.05) is 0 Å². The smallest absolute Gasteiger partial charge is 0.320 e. The minimum Gasteiger partial charge on any atom is -0.480 e. The Hall–Kier alpha value is -0.870. The Kier molecular flexibility index (Phi) is 3.07. The molecule has 4 heteroatoms. The summed E-state index contributed by atoms with van der Waals surface area (Å²) in [5, 5.41) is 8.73. The zero-order valence-corrected chi connectivity index (χ0v) is 9.35. The first-order valence-electron chi connectivity index (χ1n) is 5.25. The van der Waals surface area contributed by atoms with Crippen LogP contribution in [0.4, 0.5) is 0 Å². The number of aliphatic carboxylic acids is 1. The molecule has 0 saturated carbocycles. The predicted octanol–water partition coefficient (Wildman–Crippen LogP) is 1.58. The van der Waals surface area contributed by atoms with Crippen molar-refractivity contribution in [3.05, 3.63) is 21.4 Å². The van der Waals surface area contributed by atoms with E-state index in [2.05, 4.69) is 6.07 Å². The van der Waals surface area contributed by atoms with Gasteiger partial charge in [0.1, 0.15) is 6.04 Å². The molecule has 0 saturated heterocycles. The third kappa shape index (κ3) is 2.38. The summed E-state index contributed by atoms with van der Waals surface area (Å²) in [6, 6.07) is 1.38. The molecule has 0 aromatic carbocycles. The molecule has 82 valence electrons. The molecule has 3 nitrogen and oxygen atoms in total. The molecule has 1 aromatic heterocycles. The Morgan fingerprint density at radius 3 is 2.93 bits per heavy atom. The average Bonchev–Trinajstić information content (AvgIpc) is 2.59. The van der Waals surface area contributed by atoms with Gasteiger partial charge < -0.3 is 10.8 Å². The molecule has 1 unspecified atom stereocenters. The number of hydrogen-bond donors (Lipinski definition) is 2. The number of carboxylic acid groups (broad SMARTS) is 1. The van der Waals surface area contributed by atoms with Gasteiger partial charge >= 0.3 is 5.97 Å². The summed E-state index contributed by atoms with van der Waals surface area (Å²) in [6.45, 7) is 0. The van der Waals surface area contributed by atoms with Crippen LogP contribution in [-0.4, -0.2) is 17.1 Å². The monoisotopic (exact) mass is 225 g/mol. The molecule has 0 amide bonds. The molecule has 1 aliphatic rings. The topological polar surface area (TPSA) is 63.3 Å². The molecule has 1 atom stereocenters. The van der Waals surface area contributed by atoms with E-state index in [-0.39, 0.29) is 0 Å². The minimum atomic E-state index is -0.915. The number of rotatable bonds is 3. The van der Waals surface area contributed by atoms with E-state index >= 15 is 0 Å². The summed E-state index contributed by atoms with van der Waals surface area (Å²) in [5.74, 6) is -0.915. The zero-order chi connectivity index (χ0) is 10.8. The molecular weight excluding hydrogens is 210 g/mol. The van der Waals surface area contributed by atoms with Crippen LogP contribution in [0.3, 0.4) is 0 Å². The first-order valence-corrected chi connectivity index (χ1v) is 6.07. The Morgan fingerprint density at radius 1 is 1.53 bits per heavy atom. The highest BCUT2D eigenvalue weighted by atomic mass is 32.1. The van der Waals surface area contributed by atoms with Crippen LogP contribution in [0.5, 0.6) is 0 Å². The van der Waals surface area contributed by atoms with Gasteiger partial charge in [-0.3, -0.25) is 4.79 Å². The van der Waals surface area contributed by atoms with Gasteiger partial charge in [0.2, 0.25) is 0 Å². The average molecular weight is 225 g/mol. The standard InChI is InChI=1S/C11H15NO2S/c12-9(11(13)14)6-8-5-7-3-1-2-4-10(7)15-8/h5,9H,1-4,6,12H2,(H,13,14). The van der Waals surface area contributed by atoms with E-state index in [0.29, 0.717) is 6.42 Å². The van der Waals surface area contributed by atoms with Crippen molar-refractivity contribution in [1.29, 1.82) is 0 Å². The molecule has 0 fully saturated rings. The highest BCUT2D eigenvalue weighted by Gasteiger charge is 2.17. The van der Waals surface area contributed by atoms with Crippen molar-refractivity contribution in [2.24, 2.45) is 5.73 Å². The third-order valence-electron chi connectivity index (χ3n) is 2.79. The SMILES string of the molecule is NC(Cc1cc2c(s1)CCCC2)C(=O)O. The van der Waals surface area contributed by atoms with E-state index in [0.717, 1.165) is 17.7 Å². The molecule has 0 bridgehead atoms. The lowest BCUT2D eigenvalue weighted by molar-refractivity contribution is -0.138. The van der Waals surface area contributed by atoms with Crippen molar-refractivity contribution >= 4 is 17.3 Å². The lowest BCUT2D eigenvalue weighted by atomic mass is 9.99. The van der Waals surface area contributed by atoms with Crippen molar-refractivity contribution in [3.63, 3.8) is 0 Å². The number of hydrogen-bond acceptors (Lipinski definition) is 3. The first kappa shape index (κ1) is 10.6. The van der Waals surface area contributed by atoms with Crippen molar-refractivity contribution in [1.82, 2.24) is 0 Å². The normalized spacial score (nSPS) is 17.1. The largest absolute Gasteiger partial charge is 0.480 e. The Balaban J connectivity index is 2.09. The number of carboxylic acids is 1. The van der Waals surface area contributed by atoms with Crippen LogP contribution >= 0.6 is 11.3 Å². The van der Waals surface area contributed by atoms with Crippen molar-refractivity contribution in [2.75, 3.05) is 0 Å². The fourth-order valence-corrected chi connectivity index (χ4v) is 3.28. The van der Waals surface area contributed by atoms with Crippen LogP contribution in [0, 0.1) is 0 Å². The van der Waals surface area contributed by atoms with E-state index in [1.54, 1.807) is 11.3 Å². The second-order valence-electron chi connectivity index (χ2n) is 4.02. The second kappa shape index (κ2) is 4.33. The van der Waals surface area contributed by atoms with Crippen molar-refractivity contribution in [2.45, 2.75) is 38.1 Å². The van der Waals surface area contributed by atoms with Crippen LogP contribution in [0.1, 0.15) is 28.2 Å². The van der Waals surface area contributed by atoms with Gasteiger partial charge in [-0.15, -0.1) is 11.3 Å². The molecule has 2 rings (SSSR count). The van der Waals surface area contributed by atoms with Crippen LogP contribution in [0.15, 0.2) is 6.07 Å². The number of aryl methyl sites for hydroxylation is 2. The number of carbonyl (C=O) groups is 1. The number of fused-ring (bicyclic) bond motifs is 1. The Bertz CT molecular complexity index is 349. The number of nitrogens with two attached hydrogens (primary N) is 1. The van der Waals surface area contributed by atoms with Crippen LogP contribution in [-0.2, 0) is 24.1 Å². The van der Waals surface area contributed by atoms with E-state index in [4.69, 9.17) is 10.8 Å². The van der Waals surface area contributed by atoms with E-state index in [9.17, 15) is 4.79 Å². The molecule has 1 heterocycles. The lowest BCUT2D eigenvalue weighted by Gasteiger charge is -2.08. The summed E-state index contributed by atoms with van der Waals surface area (Å²) in [5.41, 5.74) is 6.93. The summed E-state index contributed by atoms with van der Waals surface area (Å²) >= 11 is 1.74. The number of thiophene rings is 1. The maximum atomic E-state index is 10.6. The van der Waals surface area contributed by atoms with Crippen LogP contribution in [0.2, 0.25) is 0 Å². The van der Waals surface area contributed by atoms with Gasteiger partial charge in [-0.25, -0.2) is 0 Å². The second-order valence-corrected chi connectivity index (χ2v) is 5.24. The van der Waals surface area contributed by atoms with Gasteiger partial charge in [0.05, 0.1) is 0 Å². The van der Waals surface area contributed by atoms with Crippen LogP contribution < -0.4 is 5.73 Å². The summed E-state index contributed by atoms with van der Waals surface area (Å²) < 4.78 is 0. The van der Waals surface area contributed by atoms with Crippen LogP contribution in [0.25, 0.3) is 0 Å². The van der Waals surface area contributed by atoms with E-state index < -0.39 is 12.0 Å². The van der Waals surface area contributed by atoms with Crippen molar-refractivity contribution in [3.8, 4) is 0 Å². The molecular formula is C11H15NO2S. The molecule has 1 aliphatic carbocycles. The molecule has 0 aliphatic heterocycles. The van der Waals surface area contributed by atoms with Gasteiger partial charge in [0.25, 0.3) is 0 Å². The predicted molar refractivity (Wildman–Crippen MR) is 60.3 cm³/mol. The molecule has 15 heavy (non-hydrogen) atoms. The Morgan fingerprint density at radius 2 is 2.27 bits per heavy atom. The quantitative estimate of drug-likeness (QED) is 0.821. The summed E-state index contributed by atoms with van der Waals surface area (Å²) in [7, 11) is 0. The Labute approximate surface area is 92.9 Å². The lowest BCUT2D eigenvalue weighted by Crippen LogP contribution is -2.31. The van der Waals surface area contributed by atoms with E-state index in [1.165, 1.54) is 23.3 Å². The maximum Gasteiger partial charge on any atom is 0.320 e. The highest BCUT2D eigenvalue weighted by Crippen LogP contribution is 2.30. The van der Waals surface area contributed by atoms with Gasteiger partial charge in [-0.2, -0.15) is 0 Å². The van der Waals surface area contributed by atoms with Crippen molar-refractivity contribution < 1.29 is 9.90 Å².